The SMILES string of the molecule is COC(=O)[C@@H](NS(=O)(=O)c1ccc(-n2c(=O)c(C(C)C)c(C)n2C)cc1)c1ccccc1. The number of nitrogens with one attached hydrogen (secondary N) is 1. The summed E-state index contributed by atoms with van der Waals surface area (Å²) in [5, 5.41) is 0. The van der Waals surface area contributed by atoms with E-state index >= 15 is 0 Å². The molecule has 0 spiro atoms. The van der Waals surface area contributed by atoms with Gasteiger partial charge >= 0.3 is 5.97 Å². The molecule has 170 valence electrons. The molecule has 2 aromatic carbocycles. The minimum Gasteiger partial charge on any atom is -0.468 e. The second kappa shape index (κ2) is 9.13. The van der Waals surface area contributed by atoms with Crippen molar-refractivity contribution in [3.05, 3.63) is 81.8 Å². The number of benzene rings is 2. The molecule has 1 aromatic heterocycles. The summed E-state index contributed by atoms with van der Waals surface area (Å²) in [5.41, 5.74) is 2.44. The standard InChI is InChI=1S/C23H27N3O5S/c1-15(2)20-16(3)25(4)26(22(20)27)18-11-13-19(14-12-18)32(29,30)24-21(23(28)31-5)17-9-7-6-8-10-17/h6-15,21,24H,1-5H3/t21-/m0/s1. The topological polar surface area (TPSA) is 99.4 Å². The lowest BCUT2D eigenvalue weighted by Gasteiger charge is -2.17. The summed E-state index contributed by atoms with van der Waals surface area (Å²) < 4.78 is 36.4. The van der Waals surface area contributed by atoms with Crippen LogP contribution in [0, 0.1) is 6.92 Å². The fourth-order valence-corrected chi connectivity index (χ4v) is 4.86. The monoisotopic (exact) mass is 457 g/mol. The highest BCUT2D eigenvalue weighted by atomic mass is 32.2. The first-order chi connectivity index (χ1) is 15.1. The van der Waals surface area contributed by atoms with E-state index in [1.807, 2.05) is 20.8 Å². The summed E-state index contributed by atoms with van der Waals surface area (Å²) in [5.74, 6) is -0.657. The number of ether oxygens (including phenoxy) is 1. The van der Waals surface area contributed by atoms with Gasteiger partial charge < -0.3 is 4.74 Å². The van der Waals surface area contributed by atoms with Crippen LogP contribution in [0.25, 0.3) is 5.69 Å². The summed E-state index contributed by atoms with van der Waals surface area (Å²) in [6.45, 7) is 5.80. The van der Waals surface area contributed by atoms with Crippen molar-refractivity contribution in [2.45, 2.75) is 37.6 Å². The summed E-state index contributed by atoms with van der Waals surface area (Å²) in [6.07, 6.45) is 0. The summed E-state index contributed by atoms with van der Waals surface area (Å²) in [7, 11) is -1.06. The van der Waals surface area contributed by atoms with Gasteiger partial charge in [-0.3, -0.25) is 9.48 Å². The lowest BCUT2D eigenvalue weighted by Crippen LogP contribution is -2.34. The van der Waals surface area contributed by atoms with Gasteiger partial charge in [-0.15, -0.1) is 0 Å². The van der Waals surface area contributed by atoms with Crippen LogP contribution in [0.2, 0.25) is 0 Å². The van der Waals surface area contributed by atoms with E-state index in [0.717, 1.165) is 11.3 Å². The molecule has 0 aliphatic carbocycles. The molecule has 32 heavy (non-hydrogen) atoms. The molecule has 1 atom stereocenters. The predicted molar refractivity (Wildman–Crippen MR) is 121 cm³/mol. The summed E-state index contributed by atoms with van der Waals surface area (Å²) >= 11 is 0. The van der Waals surface area contributed by atoms with Crippen molar-refractivity contribution >= 4 is 16.0 Å². The number of aromatic nitrogens is 2. The molecule has 0 fully saturated rings. The van der Waals surface area contributed by atoms with Crippen LogP contribution in [0.4, 0.5) is 0 Å². The van der Waals surface area contributed by atoms with Crippen LogP contribution in [0.15, 0.2) is 64.3 Å². The Bertz CT molecular complexity index is 1270. The molecule has 0 saturated heterocycles. The van der Waals surface area contributed by atoms with Gasteiger partial charge in [0.25, 0.3) is 5.56 Å². The fourth-order valence-electron chi connectivity index (χ4n) is 3.69. The third-order valence-electron chi connectivity index (χ3n) is 5.41. The summed E-state index contributed by atoms with van der Waals surface area (Å²) in [6, 6.07) is 13.2. The van der Waals surface area contributed by atoms with Crippen molar-refractivity contribution in [3.8, 4) is 5.69 Å². The van der Waals surface area contributed by atoms with E-state index in [-0.39, 0.29) is 16.4 Å². The van der Waals surface area contributed by atoms with Crippen molar-refractivity contribution in [2.75, 3.05) is 7.11 Å². The van der Waals surface area contributed by atoms with Crippen LogP contribution in [-0.2, 0) is 26.6 Å². The van der Waals surface area contributed by atoms with Crippen LogP contribution in [-0.4, -0.2) is 30.9 Å². The number of rotatable bonds is 7. The van der Waals surface area contributed by atoms with Gasteiger partial charge in [-0.25, -0.2) is 17.9 Å². The van der Waals surface area contributed by atoms with E-state index in [9.17, 15) is 18.0 Å². The molecule has 9 heteroatoms. The summed E-state index contributed by atoms with van der Waals surface area (Å²) in [4.78, 5) is 25.1. The highest BCUT2D eigenvalue weighted by Gasteiger charge is 2.28. The van der Waals surface area contributed by atoms with E-state index in [4.69, 9.17) is 4.74 Å². The molecular formula is C23H27N3O5S. The van der Waals surface area contributed by atoms with Crippen LogP contribution >= 0.6 is 0 Å². The van der Waals surface area contributed by atoms with Crippen molar-refractivity contribution < 1.29 is 17.9 Å². The first-order valence-corrected chi connectivity index (χ1v) is 11.6. The molecular weight excluding hydrogens is 430 g/mol. The van der Waals surface area contributed by atoms with E-state index < -0.39 is 22.0 Å². The Balaban J connectivity index is 1.96. The number of carbonyl (C=O) groups excluding carboxylic acids is 1. The Hall–Kier alpha value is -3.17. The number of carbonyl (C=O) groups is 1. The molecule has 3 aromatic rings. The molecule has 0 amide bonds. The van der Waals surface area contributed by atoms with E-state index in [2.05, 4.69) is 4.72 Å². The molecule has 3 rings (SSSR count). The smallest absolute Gasteiger partial charge is 0.328 e. The maximum atomic E-state index is 13.0. The highest BCUT2D eigenvalue weighted by molar-refractivity contribution is 7.89. The highest BCUT2D eigenvalue weighted by Crippen LogP contribution is 2.21. The molecule has 0 radical (unpaired) electrons. The Morgan fingerprint density at radius 2 is 1.62 bits per heavy atom. The Labute approximate surface area is 187 Å². The molecule has 0 unspecified atom stereocenters. The van der Waals surface area contributed by atoms with Gasteiger partial charge in [0.15, 0.2) is 0 Å². The molecule has 0 aliphatic rings. The van der Waals surface area contributed by atoms with Crippen molar-refractivity contribution in [1.29, 1.82) is 0 Å². The van der Waals surface area contributed by atoms with Gasteiger partial charge in [-0.1, -0.05) is 44.2 Å². The molecule has 0 saturated carbocycles. The zero-order valence-electron chi connectivity index (χ0n) is 18.7. The molecule has 1 heterocycles. The fraction of sp³-hybridized carbons (Fsp3) is 0.304. The first kappa shape index (κ1) is 23.5. The van der Waals surface area contributed by atoms with Gasteiger partial charge in [0.2, 0.25) is 10.0 Å². The average Bonchev–Trinajstić information content (AvgIpc) is 3.00. The minimum atomic E-state index is -4.04. The van der Waals surface area contributed by atoms with Gasteiger partial charge in [0, 0.05) is 18.3 Å². The van der Waals surface area contributed by atoms with Crippen LogP contribution in [0.1, 0.15) is 42.6 Å². The third-order valence-corrected chi connectivity index (χ3v) is 6.85. The number of hydrogen-bond acceptors (Lipinski definition) is 5. The Morgan fingerprint density at radius 1 is 1.03 bits per heavy atom. The quantitative estimate of drug-likeness (QED) is 0.550. The van der Waals surface area contributed by atoms with Gasteiger partial charge in [-0.2, -0.15) is 4.72 Å². The van der Waals surface area contributed by atoms with Gasteiger partial charge in [-0.05, 0) is 42.7 Å². The lowest BCUT2D eigenvalue weighted by molar-refractivity contribution is -0.142. The maximum Gasteiger partial charge on any atom is 0.328 e. The molecule has 1 N–H and O–H groups in total. The van der Waals surface area contributed by atoms with Crippen LogP contribution < -0.4 is 10.3 Å². The molecule has 0 aliphatic heterocycles. The van der Waals surface area contributed by atoms with E-state index in [0.29, 0.717) is 11.3 Å². The first-order valence-electron chi connectivity index (χ1n) is 10.1. The number of nitrogens with zero attached hydrogens (tertiary/aromatic N) is 2. The second-order valence-electron chi connectivity index (χ2n) is 7.78. The number of hydrogen-bond donors (Lipinski definition) is 1. The largest absolute Gasteiger partial charge is 0.468 e. The van der Waals surface area contributed by atoms with Crippen LogP contribution in [0.3, 0.4) is 0 Å². The van der Waals surface area contributed by atoms with Crippen LogP contribution in [0.5, 0.6) is 0 Å². The van der Waals surface area contributed by atoms with E-state index in [1.54, 1.807) is 54.2 Å². The van der Waals surface area contributed by atoms with Crippen molar-refractivity contribution in [1.82, 2.24) is 14.1 Å². The minimum absolute atomic E-state index is 0.0332. The number of methoxy groups -OCH3 is 1. The van der Waals surface area contributed by atoms with Gasteiger partial charge in [0.1, 0.15) is 6.04 Å². The zero-order chi connectivity index (χ0) is 23.6. The Kier molecular flexibility index (Phi) is 6.71. The normalized spacial score (nSPS) is 12.7. The molecule has 8 nitrogen and oxygen atoms in total. The average molecular weight is 458 g/mol. The van der Waals surface area contributed by atoms with Crippen molar-refractivity contribution in [2.24, 2.45) is 7.05 Å². The zero-order valence-corrected chi connectivity index (χ0v) is 19.5. The lowest BCUT2D eigenvalue weighted by atomic mass is 10.0. The predicted octanol–water partition coefficient (Wildman–Crippen LogP) is 2.80. The van der Waals surface area contributed by atoms with E-state index in [1.165, 1.54) is 23.9 Å². The second-order valence-corrected chi connectivity index (χ2v) is 9.49. The third kappa shape index (κ3) is 4.39. The molecule has 0 bridgehead atoms. The maximum absolute atomic E-state index is 13.0. The number of esters is 1. The Morgan fingerprint density at radius 3 is 2.12 bits per heavy atom. The van der Waals surface area contributed by atoms with Gasteiger partial charge in [0.05, 0.1) is 17.7 Å². The van der Waals surface area contributed by atoms with Crippen molar-refractivity contribution in [3.63, 3.8) is 0 Å². The number of sulfonamides is 1.